The molecule has 2 heterocycles. The smallest absolute Gasteiger partial charge is 0.277 e. The van der Waals surface area contributed by atoms with E-state index in [1.54, 1.807) is 11.8 Å². The predicted octanol–water partition coefficient (Wildman–Crippen LogP) is 3.97. The molecule has 1 amide bonds. The molecule has 3 aromatic rings. The molecule has 0 saturated carbocycles. The van der Waals surface area contributed by atoms with Gasteiger partial charge in [0, 0.05) is 22.8 Å². The fourth-order valence-corrected chi connectivity index (χ4v) is 4.23. The predicted molar refractivity (Wildman–Crippen MR) is 100.0 cm³/mol. The van der Waals surface area contributed by atoms with Gasteiger partial charge >= 0.3 is 0 Å². The first-order valence-electron chi connectivity index (χ1n) is 7.85. The van der Waals surface area contributed by atoms with Crippen LogP contribution in [0.3, 0.4) is 0 Å². The number of nitrogens with zero attached hydrogens (tertiary/aromatic N) is 3. The highest BCUT2D eigenvalue weighted by molar-refractivity contribution is 8.00. The van der Waals surface area contributed by atoms with Gasteiger partial charge in [0.25, 0.3) is 5.22 Å². The van der Waals surface area contributed by atoms with Crippen LogP contribution in [-0.2, 0) is 4.79 Å². The number of carbonyl (C=O) groups excluding carboxylic acids is 1. The zero-order valence-corrected chi connectivity index (χ0v) is 14.9. The Kier molecular flexibility index (Phi) is 4.76. The minimum absolute atomic E-state index is 0.0530. The second-order valence-corrected chi connectivity index (χ2v) is 7.45. The molecule has 0 radical (unpaired) electrons. The van der Waals surface area contributed by atoms with Gasteiger partial charge in [0.1, 0.15) is 0 Å². The molecule has 0 N–H and O–H groups in total. The topological polar surface area (TPSA) is 59.2 Å². The van der Waals surface area contributed by atoms with Crippen LogP contribution in [0.15, 0.2) is 69.1 Å². The van der Waals surface area contributed by atoms with E-state index in [4.69, 9.17) is 4.42 Å². The normalized spacial score (nSPS) is 13.5. The summed E-state index contributed by atoms with van der Waals surface area (Å²) in [5.74, 6) is 1.70. The van der Waals surface area contributed by atoms with Crippen molar-refractivity contribution in [2.45, 2.75) is 10.1 Å². The maximum atomic E-state index is 12.6. The number of benzene rings is 2. The van der Waals surface area contributed by atoms with E-state index in [-0.39, 0.29) is 11.7 Å². The van der Waals surface area contributed by atoms with Crippen LogP contribution in [0.5, 0.6) is 0 Å². The third-order valence-electron chi connectivity index (χ3n) is 3.78. The summed E-state index contributed by atoms with van der Waals surface area (Å²) in [5, 5.41) is 8.48. The maximum Gasteiger partial charge on any atom is 0.277 e. The van der Waals surface area contributed by atoms with Crippen LogP contribution >= 0.6 is 23.5 Å². The third-order valence-corrected chi connectivity index (χ3v) is 5.62. The van der Waals surface area contributed by atoms with E-state index in [0.717, 1.165) is 28.4 Å². The van der Waals surface area contributed by atoms with Gasteiger partial charge in [-0.25, -0.2) is 0 Å². The molecule has 0 fully saturated rings. The Morgan fingerprint density at radius 3 is 2.80 bits per heavy atom. The van der Waals surface area contributed by atoms with Crippen LogP contribution in [0.25, 0.3) is 11.5 Å². The molecular formula is C18H15N3O2S2. The SMILES string of the molecule is O=C(CSc1nnc(-c2ccccc2)o1)N1CCSc2ccccc21. The van der Waals surface area contributed by atoms with Crippen LogP contribution in [0.2, 0.25) is 0 Å². The molecule has 0 aliphatic carbocycles. The van der Waals surface area contributed by atoms with Gasteiger partial charge in [-0.15, -0.1) is 22.0 Å². The van der Waals surface area contributed by atoms with Crippen molar-refractivity contribution in [1.29, 1.82) is 0 Å². The van der Waals surface area contributed by atoms with E-state index in [9.17, 15) is 4.79 Å². The third kappa shape index (κ3) is 3.57. The Labute approximate surface area is 153 Å². The summed E-state index contributed by atoms with van der Waals surface area (Å²) in [7, 11) is 0. The zero-order chi connectivity index (χ0) is 17.1. The van der Waals surface area contributed by atoms with E-state index in [1.165, 1.54) is 11.8 Å². The van der Waals surface area contributed by atoms with Gasteiger partial charge in [-0.05, 0) is 24.3 Å². The van der Waals surface area contributed by atoms with Crippen molar-refractivity contribution >= 4 is 35.1 Å². The van der Waals surface area contributed by atoms with Gasteiger partial charge in [-0.3, -0.25) is 4.79 Å². The zero-order valence-electron chi connectivity index (χ0n) is 13.3. The van der Waals surface area contributed by atoms with Crippen molar-refractivity contribution in [3.63, 3.8) is 0 Å². The Bertz CT molecular complexity index is 883. The fourth-order valence-electron chi connectivity index (χ4n) is 2.60. The number of thioether (sulfide) groups is 2. The molecule has 0 saturated heterocycles. The Balaban J connectivity index is 1.42. The molecule has 5 nitrogen and oxygen atoms in total. The standard InChI is InChI=1S/C18H15N3O2S2/c22-16(21-10-11-24-15-9-5-4-8-14(15)21)12-25-18-20-19-17(23-18)13-6-2-1-3-7-13/h1-9H,10-12H2. The largest absolute Gasteiger partial charge is 0.411 e. The lowest BCUT2D eigenvalue weighted by molar-refractivity contribution is -0.116. The minimum Gasteiger partial charge on any atom is -0.411 e. The van der Waals surface area contributed by atoms with Crippen molar-refractivity contribution in [2.75, 3.05) is 23.0 Å². The monoisotopic (exact) mass is 369 g/mol. The quantitative estimate of drug-likeness (QED) is 0.649. The first-order valence-corrected chi connectivity index (χ1v) is 9.82. The van der Waals surface area contributed by atoms with Gasteiger partial charge < -0.3 is 9.32 Å². The van der Waals surface area contributed by atoms with Crippen molar-refractivity contribution in [2.24, 2.45) is 0 Å². The second-order valence-electron chi connectivity index (χ2n) is 5.39. The fraction of sp³-hybridized carbons (Fsp3) is 0.167. The van der Waals surface area contributed by atoms with Crippen LogP contribution < -0.4 is 4.90 Å². The number of amides is 1. The lowest BCUT2D eigenvalue weighted by atomic mass is 10.2. The molecule has 1 aliphatic rings. The summed E-state index contributed by atoms with van der Waals surface area (Å²) in [5.41, 5.74) is 1.86. The van der Waals surface area contributed by atoms with Gasteiger partial charge in [-0.2, -0.15) is 0 Å². The minimum atomic E-state index is 0.0530. The van der Waals surface area contributed by atoms with Crippen LogP contribution in [0, 0.1) is 0 Å². The van der Waals surface area contributed by atoms with Crippen LogP contribution in [0.1, 0.15) is 0 Å². The number of hydrogen-bond acceptors (Lipinski definition) is 6. The summed E-state index contributed by atoms with van der Waals surface area (Å²) >= 11 is 3.06. The number of carbonyl (C=O) groups is 1. The Morgan fingerprint density at radius 2 is 1.92 bits per heavy atom. The summed E-state index contributed by atoms with van der Waals surface area (Å²) in [6.07, 6.45) is 0. The molecule has 25 heavy (non-hydrogen) atoms. The molecule has 126 valence electrons. The van der Waals surface area contributed by atoms with E-state index in [1.807, 2.05) is 53.4 Å². The molecule has 0 spiro atoms. The van der Waals surface area contributed by atoms with Crippen LogP contribution in [-0.4, -0.2) is 34.2 Å². The lowest BCUT2D eigenvalue weighted by Crippen LogP contribution is -2.36. The summed E-state index contributed by atoms with van der Waals surface area (Å²) in [6.45, 7) is 0.722. The van der Waals surface area contributed by atoms with E-state index >= 15 is 0 Å². The molecule has 4 rings (SSSR count). The Morgan fingerprint density at radius 1 is 1.12 bits per heavy atom. The first kappa shape index (κ1) is 16.2. The summed E-state index contributed by atoms with van der Waals surface area (Å²) in [6, 6.07) is 17.6. The van der Waals surface area contributed by atoms with E-state index < -0.39 is 0 Å². The van der Waals surface area contributed by atoms with Crippen molar-refractivity contribution in [1.82, 2.24) is 10.2 Å². The number of rotatable bonds is 4. The van der Waals surface area contributed by atoms with Crippen LogP contribution in [0.4, 0.5) is 5.69 Å². The number of para-hydroxylation sites is 1. The number of hydrogen-bond donors (Lipinski definition) is 0. The number of aromatic nitrogens is 2. The first-order chi connectivity index (χ1) is 12.3. The van der Waals surface area contributed by atoms with Crippen molar-refractivity contribution < 1.29 is 9.21 Å². The van der Waals surface area contributed by atoms with Gasteiger partial charge in [0.05, 0.1) is 11.4 Å². The highest BCUT2D eigenvalue weighted by atomic mass is 32.2. The van der Waals surface area contributed by atoms with Gasteiger partial charge in [0.15, 0.2) is 0 Å². The molecule has 7 heteroatoms. The average Bonchev–Trinajstić information content (AvgIpc) is 3.15. The molecule has 0 atom stereocenters. The molecule has 2 aromatic carbocycles. The molecule has 1 aromatic heterocycles. The highest BCUT2D eigenvalue weighted by Gasteiger charge is 2.23. The lowest BCUT2D eigenvalue weighted by Gasteiger charge is -2.28. The number of fused-ring (bicyclic) bond motifs is 1. The summed E-state index contributed by atoms with van der Waals surface area (Å²) < 4.78 is 5.64. The van der Waals surface area contributed by atoms with E-state index in [2.05, 4.69) is 16.3 Å². The van der Waals surface area contributed by atoms with Crippen molar-refractivity contribution in [3.8, 4) is 11.5 Å². The Hall–Kier alpha value is -2.25. The molecule has 0 bridgehead atoms. The summed E-state index contributed by atoms with van der Waals surface area (Å²) in [4.78, 5) is 15.6. The average molecular weight is 369 g/mol. The molecule has 0 unspecified atom stereocenters. The second kappa shape index (κ2) is 7.33. The van der Waals surface area contributed by atoms with Gasteiger partial charge in [-0.1, -0.05) is 42.1 Å². The number of anilines is 1. The molecular weight excluding hydrogens is 354 g/mol. The van der Waals surface area contributed by atoms with E-state index in [0.29, 0.717) is 11.1 Å². The van der Waals surface area contributed by atoms with Crippen molar-refractivity contribution in [3.05, 3.63) is 54.6 Å². The van der Waals surface area contributed by atoms with Gasteiger partial charge in [0.2, 0.25) is 11.8 Å². The highest BCUT2D eigenvalue weighted by Crippen LogP contribution is 2.35. The molecule has 1 aliphatic heterocycles. The maximum absolute atomic E-state index is 12.6.